The van der Waals surface area contributed by atoms with Gasteiger partial charge in [0, 0.05) is 0 Å². The average Bonchev–Trinajstić information content (AvgIpc) is 2.54. The van der Waals surface area contributed by atoms with E-state index in [9.17, 15) is 4.79 Å². The van der Waals surface area contributed by atoms with Crippen LogP contribution in [-0.4, -0.2) is 5.97 Å². The molecule has 2 aromatic rings. The van der Waals surface area contributed by atoms with Crippen molar-refractivity contribution in [2.45, 2.75) is 12.5 Å². The maximum Gasteiger partial charge on any atom is 0.314 e. The zero-order valence-electron chi connectivity index (χ0n) is 11.6. The highest BCUT2D eigenvalue weighted by molar-refractivity contribution is 5.72. The minimum Gasteiger partial charge on any atom is -0.452 e. The Bertz CT molecular complexity index is 556. The predicted octanol–water partition coefficient (Wildman–Crippen LogP) is 3.11. The molecule has 2 aromatic carbocycles. The zero-order valence-corrected chi connectivity index (χ0v) is 11.6. The molecule has 0 bridgehead atoms. The number of esters is 1. The van der Waals surface area contributed by atoms with Gasteiger partial charge in [-0.1, -0.05) is 67.2 Å². The Morgan fingerprint density at radius 3 is 1.90 bits per heavy atom. The molecule has 2 rings (SSSR count). The lowest BCUT2D eigenvalue weighted by molar-refractivity contribution is -0.147. The number of carbonyl (C=O) groups is 1. The van der Waals surface area contributed by atoms with Crippen LogP contribution in [0.3, 0.4) is 0 Å². The Kier molecular flexibility index (Phi) is 5.12. The van der Waals surface area contributed by atoms with Gasteiger partial charge in [-0.05, 0) is 11.1 Å². The molecule has 2 N–H and O–H groups in total. The van der Waals surface area contributed by atoms with Crippen molar-refractivity contribution in [1.82, 2.24) is 0 Å². The Morgan fingerprint density at radius 2 is 1.48 bits per heavy atom. The van der Waals surface area contributed by atoms with Gasteiger partial charge in [-0.3, -0.25) is 4.79 Å². The molecule has 0 saturated heterocycles. The first kappa shape index (κ1) is 14.8. The predicted molar refractivity (Wildman–Crippen MR) is 79.8 cm³/mol. The number of hydrogen-bond donors (Lipinski definition) is 1. The molecule has 0 aliphatic carbocycles. The number of hydrogen-bond acceptors (Lipinski definition) is 4. The van der Waals surface area contributed by atoms with Gasteiger partial charge in [0.05, 0.1) is 0 Å². The molecule has 0 aliphatic heterocycles. The van der Waals surface area contributed by atoms with Crippen molar-refractivity contribution in [3.05, 3.63) is 84.1 Å². The molecule has 4 heteroatoms. The second kappa shape index (κ2) is 7.26. The maximum atomic E-state index is 12.0. The summed E-state index contributed by atoms with van der Waals surface area (Å²) in [4.78, 5) is 16.4. The van der Waals surface area contributed by atoms with Gasteiger partial charge in [0.25, 0.3) is 0 Å². The van der Waals surface area contributed by atoms with E-state index in [-0.39, 0.29) is 12.2 Å². The number of carbonyl (C=O) groups excluding carboxylic acids is 1. The molecule has 0 fully saturated rings. The van der Waals surface area contributed by atoms with Gasteiger partial charge in [0.2, 0.25) is 0 Å². The largest absolute Gasteiger partial charge is 0.452 e. The molecule has 0 aliphatic rings. The fourth-order valence-electron chi connectivity index (χ4n) is 1.96. The topological polar surface area (TPSA) is 61.5 Å². The van der Waals surface area contributed by atoms with Crippen LogP contribution in [0.5, 0.6) is 0 Å². The second-order valence-electron chi connectivity index (χ2n) is 4.52. The van der Waals surface area contributed by atoms with Crippen LogP contribution >= 0.6 is 0 Å². The number of rotatable bonds is 6. The summed E-state index contributed by atoms with van der Waals surface area (Å²) < 4.78 is 5.56. The van der Waals surface area contributed by atoms with Gasteiger partial charge in [-0.25, -0.2) is 0 Å². The van der Waals surface area contributed by atoms with Crippen molar-refractivity contribution in [2.24, 2.45) is 5.90 Å². The van der Waals surface area contributed by atoms with Gasteiger partial charge in [-0.15, -0.1) is 0 Å². The minimum absolute atomic E-state index is 0.0767. The van der Waals surface area contributed by atoms with E-state index in [1.165, 1.54) is 0 Å². The molecule has 0 amide bonds. The van der Waals surface area contributed by atoms with Crippen molar-refractivity contribution in [1.29, 1.82) is 0 Å². The molecule has 21 heavy (non-hydrogen) atoms. The molecule has 0 aromatic heterocycles. The second-order valence-corrected chi connectivity index (χ2v) is 4.52. The van der Waals surface area contributed by atoms with Crippen LogP contribution in [0.25, 0.3) is 0 Å². The van der Waals surface area contributed by atoms with Crippen molar-refractivity contribution in [2.75, 3.05) is 0 Å². The van der Waals surface area contributed by atoms with Crippen LogP contribution in [-0.2, 0) is 14.4 Å². The molecule has 108 valence electrons. The van der Waals surface area contributed by atoms with Crippen molar-refractivity contribution in [3.8, 4) is 0 Å². The monoisotopic (exact) mass is 283 g/mol. The SMILES string of the molecule is C=C(CC(=O)OC(c1ccccc1)c1ccccc1)ON. The molecule has 4 nitrogen and oxygen atoms in total. The summed E-state index contributed by atoms with van der Waals surface area (Å²) in [5.74, 6) is 4.69. The Labute approximate surface area is 123 Å². The van der Waals surface area contributed by atoms with Crippen LogP contribution in [0.1, 0.15) is 23.7 Å². The standard InChI is InChI=1S/C17H17NO3/c1-13(21-18)12-16(19)20-17(14-8-4-2-5-9-14)15-10-6-3-7-11-15/h2-11,17H,1,12,18H2. The summed E-state index contributed by atoms with van der Waals surface area (Å²) in [6.45, 7) is 3.52. The molecule has 0 heterocycles. The van der Waals surface area contributed by atoms with Gasteiger partial charge in [0.1, 0.15) is 12.2 Å². The number of nitrogens with two attached hydrogens (primary N) is 1. The summed E-state index contributed by atoms with van der Waals surface area (Å²) in [5, 5.41) is 0. The first-order valence-corrected chi connectivity index (χ1v) is 6.54. The smallest absolute Gasteiger partial charge is 0.314 e. The van der Waals surface area contributed by atoms with Crippen LogP contribution in [0.4, 0.5) is 0 Å². The van der Waals surface area contributed by atoms with Crippen molar-refractivity contribution < 1.29 is 14.4 Å². The number of benzene rings is 2. The molecular formula is C17H17NO3. The third kappa shape index (κ3) is 4.19. The summed E-state index contributed by atoms with van der Waals surface area (Å²) >= 11 is 0. The van der Waals surface area contributed by atoms with Gasteiger partial charge >= 0.3 is 5.97 Å². The van der Waals surface area contributed by atoms with E-state index in [1.807, 2.05) is 60.7 Å². The van der Waals surface area contributed by atoms with E-state index >= 15 is 0 Å². The van der Waals surface area contributed by atoms with E-state index in [1.54, 1.807) is 0 Å². The highest BCUT2D eigenvalue weighted by Gasteiger charge is 2.19. The summed E-state index contributed by atoms with van der Waals surface area (Å²) in [7, 11) is 0. The van der Waals surface area contributed by atoms with Gasteiger partial charge in [-0.2, -0.15) is 5.90 Å². The van der Waals surface area contributed by atoms with Crippen LogP contribution in [0.2, 0.25) is 0 Å². The zero-order chi connectivity index (χ0) is 15.1. The molecule has 0 atom stereocenters. The van der Waals surface area contributed by atoms with E-state index < -0.39 is 12.1 Å². The lowest BCUT2D eigenvalue weighted by Gasteiger charge is -2.19. The first-order chi connectivity index (χ1) is 10.2. The molecule has 0 radical (unpaired) electrons. The van der Waals surface area contributed by atoms with Gasteiger partial charge in [0.15, 0.2) is 6.10 Å². The van der Waals surface area contributed by atoms with E-state index in [4.69, 9.17) is 10.6 Å². The molecule has 0 saturated carbocycles. The van der Waals surface area contributed by atoms with E-state index in [0.29, 0.717) is 0 Å². The lowest BCUT2D eigenvalue weighted by Crippen LogP contribution is -2.14. The molecular weight excluding hydrogens is 266 g/mol. The highest BCUT2D eigenvalue weighted by Crippen LogP contribution is 2.26. The van der Waals surface area contributed by atoms with E-state index in [0.717, 1.165) is 11.1 Å². The third-order valence-electron chi connectivity index (χ3n) is 2.96. The van der Waals surface area contributed by atoms with Crippen LogP contribution < -0.4 is 5.90 Å². The fraction of sp³-hybridized carbons (Fsp3) is 0.118. The molecule has 0 spiro atoms. The Morgan fingerprint density at radius 1 is 1.00 bits per heavy atom. The lowest BCUT2D eigenvalue weighted by atomic mass is 10.0. The fourth-order valence-corrected chi connectivity index (χ4v) is 1.96. The normalized spacial score (nSPS) is 10.2. The summed E-state index contributed by atoms with van der Waals surface area (Å²) in [6, 6.07) is 19.1. The summed E-state index contributed by atoms with van der Waals surface area (Å²) in [5.41, 5.74) is 1.80. The van der Waals surface area contributed by atoms with E-state index in [2.05, 4.69) is 11.4 Å². The average molecular weight is 283 g/mol. The Balaban J connectivity index is 2.21. The van der Waals surface area contributed by atoms with Crippen molar-refractivity contribution in [3.63, 3.8) is 0 Å². The van der Waals surface area contributed by atoms with Crippen LogP contribution in [0, 0.1) is 0 Å². The van der Waals surface area contributed by atoms with Crippen molar-refractivity contribution >= 4 is 5.97 Å². The quantitative estimate of drug-likeness (QED) is 0.502. The van der Waals surface area contributed by atoms with Crippen LogP contribution in [0.15, 0.2) is 73.0 Å². The highest BCUT2D eigenvalue weighted by atomic mass is 16.6. The van der Waals surface area contributed by atoms with Gasteiger partial charge < -0.3 is 9.57 Å². The Hall–Kier alpha value is -2.59. The maximum absolute atomic E-state index is 12.0. The minimum atomic E-state index is -0.467. The molecule has 0 unspecified atom stereocenters. The number of ether oxygens (including phenoxy) is 1. The first-order valence-electron chi connectivity index (χ1n) is 6.54. The third-order valence-corrected chi connectivity index (χ3v) is 2.96. The summed E-state index contributed by atoms with van der Waals surface area (Å²) in [6.07, 6.45) is -0.544.